The molecule has 0 unspecified atom stereocenters. The van der Waals surface area contributed by atoms with Gasteiger partial charge in [-0.05, 0) is 12.1 Å². The van der Waals surface area contributed by atoms with Crippen molar-refractivity contribution in [2.45, 2.75) is 5.75 Å². The molecule has 1 rings (SSSR count). The van der Waals surface area contributed by atoms with Crippen molar-refractivity contribution in [1.82, 2.24) is 4.98 Å². The molecule has 5 nitrogen and oxygen atoms in total. The lowest BCUT2D eigenvalue weighted by molar-refractivity contribution is 0.394. The predicted molar refractivity (Wildman–Crippen MR) is 52.6 cm³/mol. The lowest BCUT2D eigenvalue weighted by atomic mass is 10.3. The summed E-state index contributed by atoms with van der Waals surface area (Å²) in [5.74, 6) is -0.146. The van der Waals surface area contributed by atoms with Gasteiger partial charge in [-0.25, -0.2) is 18.5 Å². The molecule has 14 heavy (non-hydrogen) atoms. The average molecular weight is 237 g/mol. The first-order chi connectivity index (χ1) is 6.42. The standard InChI is InChI=1S/C7H9ClN2O3S/c1-13-7-5(4-14(9,11)12)2-3-6(8)10-7/h2-3H,4H2,1H3,(H2,9,11,12). The number of hydrogen-bond donors (Lipinski definition) is 1. The van der Waals surface area contributed by atoms with Gasteiger partial charge in [-0.15, -0.1) is 0 Å². The highest BCUT2D eigenvalue weighted by Gasteiger charge is 2.11. The highest BCUT2D eigenvalue weighted by Crippen LogP contribution is 2.19. The first kappa shape index (κ1) is 11.2. The number of pyridine rings is 1. The van der Waals surface area contributed by atoms with Gasteiger partial charge >= 0.3 is 0 Å². The Balaban J connectivity index is 3.09. The van der Waals surface area contributed by atoms with Crippen molar-refractivity contribution in [3.63, 3.8) is 0 Å². The number of nitrogens with two attached hydrogens (primary N) is 1. The zero-order valence-corrected chi connectivity index (χ0v) is 8.97. The fraction of sp³-hybridized carbons (Fsp3) is 0.286. The molecule has 1 aromatic heterocycles. The number of hydrogen-bond acceptors (Lipinski definition) is 4. The third kappa shape index (κ3) is 3.13. The normalized spacial score (nSPS) is 11.4. The molecule has 0 aliphatic rings. The minimum absolute atomic E-state index is 0.173. The zero-order valence-electron chi connectivity index (χ0n) is 7.40. The summed E-state index contributed by atoms with van der Waals surface area (Å²) in [4.78, 5) is 3.80. The Labute approximate surface area is 86.9 Å². The van der Waals surface area contributed by atoms with Crippen LogP contribution in [0.15, 0.2) is 12.1 Å². The number of sulfonamides is 1. The Hall–Kier alpha value is -0.850. The van der Waals surface area contributed by atoms with Crippen molar-refractivity contribution in [2.75, 3.05) is 7.11 Å². The Morgan fingerprint density at radius 2 is 2.21 bits per heavy atom. The molecule has 0 radical (unpaired) electrons. The highest BCUT2D eigenvalue weighted by molar-refractivity contribution is 7.88. The van der Waals surface area contributed by atoms with Gasteiger partial charge in [0.15, 0.2) is 0 Å². The smallest absolute Gasteiger partial charge is 0.218 e. The fourth-order valence-electron chi connectivity index (χ4n) is 0.950. The molecule has 78 valence electrons. The second-order valence-electron chi connectivity index (χ2n) is 2.61. The number of ether oxygens (including phenoxy) is 1. The van der Waals surface area contributed by atoms with E-state index in [1.54, 1.807) is 0 Å². The van der Waals surface area contributed by atoms with Gasteiger partial charge in [0.1, 0.15) is 5.15 Å². The van der Waals surface area contributed by atoms with Crippen LogP contribution in [0.25, 0.3) is 0 Å². The Kier molecular flexibility index (Phi) is 3.30. The predicted octanol–water partition coefficient (Wildman–Crippen LogP) is 0.532. The average Bonchev–Trinajstić information content (AvgIpc) is 2.06. The van der Waals surface area contributed by atoms with Gasteiger partial charge in [0.2, 0.25) is 15.9 Å². The van der Waals surface area contributed by atoms with E-state index in [2.05, 4.69) is 4.98 Å². The monoisotopic (exact) mass is 236 g/mol. The Morgan fingerprint density at radius 1 is 1.57 bits per heavy atom. The molecule has 0 aliphatic carbocycles. The zero-order chi connectivity index (χ0) is 10.8. The van der Waals surface area contributed by atoms with Crippen molar-refractivity contribution >= 4 is 21.6 Å². The molecule has 0 amide bonds. The van der Waals surface area contributed by atoms with E-state index in [0.29, 0.717) is 5.56 Å². The number of halogens is 1. The van der Waals surface area contributed by atoms with E-state index in [-0.39, 0.29) is 16.8 Å². The van der Waals surface area contributed by atoms with Gasteiger partial charge in [0.25, 0.3) is 0 Å². The van der Waals surface area contributed by atoms with Crippen LogP contribution in [0.5, 0.6) is 5.88 Å². The van der Waals surface area contributed by atoms with Crippen LogP contribution in [0.3, 0.4) is 0 Å². The van der Waals surface area contributed by atoms with Crippen molar-refractivity contribution in [3.8, 4) is 5.88 Å². The highest BCUT2D eigenvalue weighted by atomic mass is 35.5. The molecule has 1 aromatic rings. The van der Waals surface area contributed by atoms with Crippen LogP contribution in [0.1, 0.15) is 5.56 Å². The molecule has 0 fully saturated rings. The Bertz CT molecular complexity index is 433. The van der Waals surface area contributed by atoms with Gasteiger partial charge < -0.3 is 4.74 Å². The van der Waals surface area contributed by atoms with Crippen LogP contribution in [-0.2, 0) is 15.8 Å². The molecule has 2 N–H and O–H groups in total. The van der Waals surface area contributed by atoms with E-state index in [0.717, 1.165) is 0 Å². The van der Waals surface area contributed by atoms with E-state index >= 15 is 0 Å². The number of methoxy groups -OCH3 is 1. The quantitative estimate of drug-likeness (QED) is 0.777. The second kappa shape index (κ2) is 4.12. The summed E-state index contributed by atoms with van der Waals surface area (Å²) in [5.41, 5.74) is 0.388. The lowest BCUT2D eigenvalue weighted by Crippen LogP contribution is -2.15. The summed E-state index contributed by atoms with van der Waals surface area (Å²) < 4.78 is 26.5. The summed E-state index contributed by atoms with van der Waals surface area (Å²) >= 11 is 5.60. The molecule has 0 aromatic carbocycles. The Morgan fingerprint density at radius 3 is 2.71 bits per heavy atom. The summed E-state index contributed by atoms with van der Waals surface area (Å²) in [5, 5.41) is 5.12. The number of nitrogens with zero attached hydrogens (tertiary/aromatic N) is 1. The summed E-state index contributed by atoms with van der Waals surface area (Å²) in [6.45, 7) is 0. The maximum absolute atomic E-state index is 10.8. The first-order valence-corrected chi connectivity index (χ1v) is 5.71. The first-order valence-electron chi connectivity index (χ1n) is 3.62. The van der Waals surface area contributed by atoms with Crippen LogP contribution < -0.4 is 9.88 Å². The van der Waals surface area contributed by atoms with Gasteiger partial charge in [-0.3, -0.25) is 0 Å². The van der Waals surface area contributed by atoms with Gasteiger partial charge in [-0.1, -0.05) is 11.6 Å². The van der Waals surface area contributed by atoms with Crippen LogP contribution in [0, 0.1) is 0 Å². The molecule has 1 heterocycles. The van der Waals surface area contributed by atoms with Crippen LogP contribution >= 0.6 is 11.6 Å². The molecule has 7 heteroatoms. The number of rotatable bonds is 3. The van der Waals surface area contributed by atoms with Crippen molar-refractivity contribution < 1.29 is 13.2 Å². The molecule has 0 bridgehead atoms. The molecule has 0 saturated carbocycles. The lowest BCUT2D eigenvalue weighted by Gasteiger charge is -2.05. The largest absolute Gasteiger partial charge is 0.481 e. The van der Waals surface area contributed by atoms with E-state index in [1.807, 2.05) is 0 Å². The maximum Gasteiger partial charge on any atom is 0.218 e. The van der Waals surface area contributed by atoms with Gasteiger partial charge in [0.05, 0.1) is 12.9 Å². The summed E-state index contributed by atoms with van der Waals surface area (Å²) in [6, 6.07) is 2.99. The maximum atomic E-state index is 10.8. The topological polar surface area (TPSA) is 82.3 Å². The third-order valence-corrected chi connectivity index (χ3v) is 2.38. The number of aromatic nitrogens is 1. The second-order valence-corrected chi connectivity index (χ2v) is 4.61. The van der Waals surface area contributed by atoms with E-state index in [1.165, 1.54) is 19.2 Å². The molecule has 0 aliphatic heterocycles. The molecule has 0 spiro atoms. The van der Waals surface area contributed by atoms with E-state index < -0.39 is 10.0 Å². The molecular formula is C7H9ClN2O3S. The number of primary sulfonamides is 1. The minimum atomic E-state index is -3.59. The van der Waals surface area contributed by atoms with Gasteiger partial charge in [-0.2, -0.15) is 0 Å². The van der Waals surface area contributed by atoms with Crippen molar-refractivity contribution in [1.29, 1.82) is 0 Å². The third-order valence-electron chi connectivity index (χ3n) is 1.46. The molecule has 0 saturated heterocycles. The van der Waals surface area contributed by atoms with Crippen molar-refractivity contribution in [3.05, 3.63) is 22.8 Å². The minimum Gasteiger partial charge on any atom is -0.481 e. The summed E-state index contributed by atoms with van der Waals surface area (Å²) in [7, 11) is -2.21. The molecular weight excluding hydrogens is 228 g/mol. The summed E-state index contributed by atoms with van der Waals surface area (Å²) in [6.07, 6.45) is 0. The van der Waals surface area contributed by atoms with Crippen molar-refractivity contribution in [2.24, 2.45) is 5.14 Å². The van der Waals surface area contributed by atoms with Crippen LogP contribution in [0.2, 0.25) is 5.15 Å². The molecule has 0 atom stereocenters. The SMILES string of the molecule is COc1nc(Cl)ccc1CS(N)(=O)=O. The van der Waals surface area contributed by atoms with Crippen LogP contribution in [0.4, 0.5) is 0 Å². The van der Waals surface area contributed by atoms with E-state index in [4.69, 9.17) is 21.5 Å². The van der Waals surface area contributed by atoms with Crippen LogP contribution in [-0.4, -0.2) is 20.5 Å². The van der Waals surface area contributed by atoms with E-state index in [9.17, 15) is 8.42 Å². The fourth-order valence-corrected chi connectivity index (χ4v) is 1.74. The van der Waals surface area contributed by atoms with Gasteiger partial charge in [0, 0.05) is 5.56 Å².